The lowest BCUT2D eigenvalue weighted by atomic mass is 9.85. The zero-order valence-electron chi connectivity index (χ0n) is 22.8. The molecule has 1 unspecified atom stereocenters. The zero-order valence-corrected chi connectivity index (χ0v) is 23.5. The number of nitrogens with zero attached hydrogens (tertiary/aromatic N) is 1. The number of amides is 1. The van der Waals surface area contributed by atoms with E-state index in [4.69, 9.17) is 16.3 Å². The van der Waals surface area contributed by atoms with E-state index >= 15 is 0 Å². The highest BCUT2D eigenvalue weighted by Gasteiger charge is 2.47. The number of ketones is 1. The molecule has 1 heterocycles. The molecule has 1 aliphatic heterocycles. The molecule has 5 nitrogen and oxygen atoms in total. The Balaban J connectivity index is 1.91. The molecular weight excluding hydrogens is 498 g/mol. The van der Waals surface area contributed by atoms with Crippen molar-refractivity contribution in [3.8, 4) is 5.75 Å². The Morgan fingerprint density at radius 3 is 2.32 bits per heavy atom. The number of Topliss-reactive ketones (excluding diaryl/α,β-unsaturated/α-hetero) is 1. The van der Waals surface area contributed by atoms with Gasteiger partial charge in [-0.25, -0.2) is 0 Å². The second kappa shape index (κ2) is 10.7. The van der Waals surface area contributed by atoms with Gasteiger partial charge in [-0.3, -0.25) is 14.5 Å². The molecule has 0 spiro atoms. The molecule has 3 aromatic carbocycles. The lowest BCUT2D eigenvalue weighted by molar-refractivity contribution is -0.132. The molecule has 0 aromatic heterocycles. The number of aliphatic hydroxyl groups excluding tert-OH is 1. The van der Waals surface area contributed by atoms with Crippen molar-refractivity contribution in [2.45, 2.75) is 59.4 Å². The van der Waals surface area contributed by atoms with Crippen molar-refractivity contribution >= 4 is 34.7 Å². The number of hydrogen-bond acceptors (Lipinski definition) is 4. The first-order valence-corrected chi connectivity index (χ1v) is 13.2. The van der Waals surface area contributed by atoms with Crippen LogP contribution >= 0.6 is 11.6 Å². The maximum absolute atomic E-state index is 13.5. The van der Waals surface area contributed by atoms with Gasteiger partial charge < -0.3 is 9.84 Å². The van der Waals surface area contributed by atoms with Crippen molar-refractivity contribution in [3.63, 3.8) is 0 Å². The molecular formula is C32H34ClNO4. The Kier molecular flexibility index (Phi) is 7.70. The fourth-order valence-corrected chi connectivity index (χ4v) is 4.91. The van der Waals surface area contributed by atoms with Gasteiger partial charge in [-0.05, 0) is 78.3 Å². The van der Waals surface area contributed by atoms with Gasteiger partial charge in [0.25, 0.3) is 11.7 Å². The number of carbonyl (C=O) groups excluding carboxylic acids is 2. The molecule has 1 amide bonds. The summed E-state index contributed by atoms with van der Waals surface area (Å²) in [5.74, 6) is -0.953. The van der Waals surface area contributed by atoms with Crippen molar-refractivity contribution in [1.29, 1.82) is 0 Å². The van der Waals surface area contributed by atoms with E-state index in [2.05, 4.69) is 20.8 Å². The third-order valence-electron chi connectivity index (χ3n) is 6.95. The summed E-state index contributed by atoms with van der Waals surface area (Å²) < 4.78 is 5.77. The van der Waals surface area contributed by atoms with Crippen LogP contribution in [0.1, 0.15) is 68.0 Å². The lowest BCUT2D eigenvalue weighted by Gasteiger charge is -2.28. The van der Waals surface area contributed by atoms with E-state index in [1.165, 1.54) is 4.90 Å². The average Bonchev–Trinajstić information content (AvgIpc) is 3.14. The summed E-state index contributed by atoms with van der Waals surface area (Å²) in [5, 5.41) is 12.0. The van der Waals surface area contributed by atoms with Crippen molar-refractivity contribution in [2.75, 3.05) is 11.5 Å². The first-order chi connectivity index (χ1) is 18.0. The molecule has 1 saturated heterocycles. The first kappa shape index (κ1) is 27.5. The van der Waals surface area contributed by atoms with Gasteiger partial charge in [-0.2, -0.15) is 0 Å². The van der Waals surface area contributed by atoms with Crippen LogP contribution in [0.4, 0.5) is 5.69 Å². The zero-order chi connectivity index (χ0) is 27.8. The van der Waals surface area contributed by atoms with E-state index in [-0.39, 0.29) is 16.7 Å². The SMILES string of the molecule is CCCOc1ccc(/C(O)=C2\C(=O)C(=O)N(c3cccc(Cl)c3C)C2c2ccc(C(C)(C)C)cc2)cc1C. The molecule has 38 heavy (non-hydrogen) atoms. The smallest absolute Gasteiger partial charge is 0.300 e. The van der Waals surface area contributed by atoms with Crippen molar-refractivity contribution in [2.24, 2.45) is 0 Å². The van der Waals surface area contributed by atoms with Gasteiger partial charge in [0, 0.05) is 16.3 Å². The predicted octanol–water partition coefficient (Wildman–Crippen LogP) is 7.67. The summed E-state index contributed by atoms with van der Waals surface area (Å²) in [6.45, 7) is 12.7. The van der Waals surface area contributed by atoms with Crippen LogP contribution in [-0.2, 0) is 15.0 Å². The van der Waals surface area contributed by atoms with Crippen LogP contribution in [0.2, 0.25) is 5.02 Å². The van der Waals surface area contributed by atoms with E-state index in [0.29, 0.717) is 34.2 Å². The molecule has 6 heteroatoms. The molecule has 3 aromatic rings. The Morgan fingerprint density at radius 1 is 1.03 bits per heavy atom. The molecule has 1 N–H and O–H groups in total. The lowest BCUT2D eigenvalue weighted by Crippen LogP contribution is -2.30. The summed E-state index contributed by atoms with van der Waals surface area (Å²) in [6.07, 6.45) is 0.877. The second-order valence-corrected chi connectivity index (χ2v) is 11.2. The highest BCUT2D eigenvalue weighted by atomic mass is 35.5. The summed E-state index contributed by atoms with van der Waals surface area (Å²) >= 11 is 6.41. The molecule has 1 atom stereocenters. The van der Waals surface area contributed by atoms with E-state index < -0.39 is 17.7 Å². The molecule has 198 valence electrons. The van der Waals surface area contributed by atoms with Gasteiger partial charge in [0.15, 0.2) is 0 Å². The maximum Gasteiger partial charge on any atom is 0.300 e. The summed E-state index contributed by atoms with van der Waals surface area (Å²) in [7, 11) is 0. The monoisotopic (exact) mass is 531 g/mol. The highest BCUT2D eigenvalue weighted by molar-refractivity contribution is 6.52. The number of halogens is 1. The van der Waals surface area contributed by atoms with Gasteiger partial charge in [0.1, 0.15) is 11.5 Å². The Labute approximate surface area is 229 Å². The third-order valence-corrected chi connectivity index (χ3v) is 7.36. The van der Waals surface area contributed by atoms with Crippen molar-refractivity contribution < 1.29 is 19.4 Å². The fourth-order valence-electron chi connectivity index (χ4n) is 4.75. The number of carbonyl (C=O) groups is 2. The number of benzene rings is 3. The van der Waals surface area contributed by atoms with E-state index in [0.717, 1.165) is 23.1 Å². The molecule has 1 fully saturated rings. The van der Waals surface area contributed by atoms with E-state index in [1.54, 1.807) is 36.4 Å². The Bertz CT molecular complexity index is 1420. The van der Waals surface area contributed by atoms with Crippen molar-refractivity contribution in [1.82, 2.24) is 0 Å². The van der Waals surface area contributed by atoms with Crippen LogP contribution < -0.4 is 9.64 Å². The van der Waals surface area contributed by atoms with Crippen LogP contribution in [-0.4, -0.2) is 23.4 Å². The Hall–Kier alpha value is -3.57. The van der Waals surface area contributed by atoms with Gasteiger partial charge in [0.2, 0.25) is 0 Å². The highest BCUT2D eigenvalue weighted by Crippen LogP contribution is 2.44. The predicted molar refractivity (Wildman–Crippen MR) is 153 cm³/mol. The summed E-state index contributed by atoms with van der Waals surface area (Å²) in [4.78, 5) is 28.5. The molecule has 0 bridgehead atoms. The number of aryl methyl sites for hydroxylation is 1. The van der Waals surface area contributed by atoms with Gasteiger partial charge >= 0.3 is 0 Å². The normalized spacial score (nSPS) is 17.2. The minimum atomic E-state index is -0.822. The molecule has 0 radical (unpaired) electrons. The standard InChI is InChI=1S/C32H34ClNO4/c1-7-17-38-26-16-13-22(18-19(26)2)29(35)27-28(21-11-14-23(15-12-21)32(4,5)6)34(31(37)30(27)36)25-10-8-9-24(33)20(25)3/h8-16,18,28,35H,7,17H2,1-6H3/b29-27+. The fraction of sp³-hybridized carbons (Fsp3) is 0.312. The molecule has 1 aliphatic rings. The van der Waals surface area contributed by atoms with Crippen molar-refractivity contribution in [3.05, 3.63) is 99.1 Å². The second-order valence-electron chi connectivity index (χ2n) is 10.8. The topological polar surface area (TPSA) is 66.8 Å². The summed E-state index contributed by atoms with van der Waals surface area (Å²) in [6, 6.07) is 17.6. The number of anilines is 1. The van der Waals surface area contributed by atoms with E-state index in [1.807, 2.05) is 45.0 Å². The minimum Gasteiger partial charge on any atom is -0.507 e. The number of aliphatic hydroxyl groups is 1. The number of rotatable bonds is 6. The van der Waals surface area contributed by atoms with Crippen LogP contribution in [0.3, 0.4) is 0 Å². The first-order valence-electron chi connectivity index (χ1n) is 12.9. The van der Waals surface area contributed by atoms with Crippen LogP contribution in [0.5, 0.6) is 5.75 Å². The molecule has 0 aliphatic carbocycles. The largest absolute Gasteiger partial charge is 0.507 e. The van der Waals surface area contributed by atoms with Crippen LogP contribution in [0.15, 0.2) is 66.2 Å². The summed E-state index contributed by atoms with van der Waals surface area (Å²) in [5.41, 5.74) is 4.30. The minimum absolute atomic E-state index is 0.0412. The average molecular weight is 532 g/mol. The number of ether oxygens (including phenoxy) is 1. The van der Waals surface area contributed by atoms with E-state index in [9.17, 15) is 14.7 Å². The van der Waals surface area contributed by atoms with Crippen LogP contribution in [0.25, 0.3) is 5.76 Å². The maximum atomic E-state index is 13.5. The molecule has 4 rings (SSSR count). The van der Waals surface area contributed by atoms with Crippen LogP contribution in [0, 0.1) is 13.8 Å². The molecule has 0 saturated carbocycles. The van der Waals surface area contributed by atoms with Gasteiger partial charge in [0.05, 0.1) is 18.2 Å². The third kappa shape index (κ3) is 5.08. The van der Waals surface area contributed by atoms with Gasteiger partial charge in [-0.15, -0.1) is 0 Å². The Morgan fingerprint density at radius 2 is 1.71 bits per heavy atom. The number of hydrogen-bond donors (Lipinski definition) is 1. The van der Waals surface area contributed by atoms with Gasteiger partial charge in [-0.1, -0.05) is 69.6 Å². The quantitative estimate of drug-likeness (QED) is 0.201.